The van der Waals surface area contributed by atoms with E-state index in [4.69, 9.17) is 4.74 Å². The molecule has 1 amide bonds. The van der Waals surface area contributed by atoms with E-state index in [1.807, 2.05) is 0 Å². The van der Waals surface area contributed by atoms with Gasteiger partial charge >= 0.3 is 6.09 Å². The molecule has 0 saturated carbocycles. The summed E-state index contributed by atoms with van der Waals surface area (Å²) in [6.45, 7) is 0. The number of benzene rings is 2. The maximum atomic E-state index is 15.9. The van der Waals surface area contributed by atoms with E-state index in [1.54, 1.807) is 0 Å². The number of aryl methyl sites for hydroxylation is 1. The van der Waals surface area contributed by atoms with Gasteiger partial charge in [-0.25, -0.2) is 30.8 Å². The number of aromatic nitrogens is 3. The quantitative estimate of drug-likeness (QED) is 0.312. The first kappa shape index (κ1) is 24.9. The summed E-state index contributed by atoms with van der Waals surface area (Å²) in [6.07, 6.45) is 3.08. The topological polar surface area (TPSA) is 103 Å². The largest absolute Gasteiger partial charge is 0.412 e. The predicted molar refractivity (Wildman–Crippen MR) is 119 cm³/mol. The molecule has 0 atom stereocenters. The average Bonchev–Trinajstić information content (AvgIpc) is 3.23. The number of rotatable bonds is 5. The molecule has 0 radical (unpaired) electrons. The second-order valence-electron chi connectivity index (χ2n) is 7.39. The number of ether oxygens (including phenoxy) is 1. The number of carbonyl (C=O) groups is 1. The van der Waals surface area contributed by atoms with Gasteiger partial charge in [0.1, 0.15) is 27.1 Å². The molecule has 0 unspecified atom stereocenters. The highest BCUT2D eigenvalue weighted by atomic mass is 32.2. The molecule has 36 heavy (non-hydrogen) atoms. The van der Waals surface area contributed by atoms with E-state index in [0.29, 0.717) is 29.8 Å². The fourth-order valence-corrected chi connectivity index (χ4v) is 4.86. The van der Waals surface area contributed by atoms with Crippen LogP contribution < -0.4 is 10.1 Å². The van der Waals surface area contributed by atoms with Crippen LogP contribution in [-0.2, 0) is 16.9 Å². The lowest BCUT2D eigenvalue weighted by Gasteiger charge is -2.15. The minimum absolute atomic E-state index is 0.190. The molecule has 0 aliphatic carbocycles. The molecule has 4 rings (SSSR count). The standard InChI is InChI=1S/C23H16F4N4O4S/c1-28-23(32)35-16-10-18(36(33,34)17-9-13(24)3-4-15(17)25)21(27)19(20(16)26)22-14(11-31(2)30-22)12-5-7-29-8-6-12/h3-11H,1-2H3,(H,28,32). The van der Waals surface area contributed by atoms with Gasteiger partial charge in [-0.05, 0) is 35.9 Å². The third-order valence-corrected chi connectivity index (χ3v) is 6.84. The summed E-state index contributed by atoms with van der Waals surface area (Å²) in [5.74, 6) is -6.54. The van der Waals surface area contributed by atoms with Gasteiger partial charge in [-0.1, -0.05) is 0 Å². The maximum absolute atomic E-state index is 15.9. The van der Waals surface area contributed by atoms with Crippen LogP contribution in [0.2, 0.25) is 0 Å². The van der Waals surface area contributed by atoms with Crippen molar-refractivity contribution in [3.05, 3.63) is 78.3 Å². The van der Waals surface area contributed by atoms with Gasteiger partial charge in [0.15, 0.2) is 17.4 Å². The molecule has 0 fully saturated rings. The van der Waals surface area contributed by atoms with E-state index < -0.39 is 60.3 Å². The minimum atomic E-state index is -5.12. The number of sulfone groups is 1. The molecule has 0 spiro atoms. The van der Waals surface area contributed by atoms with Crippen LogP contribution in [0.4, 0.5) is 22.4 Å². The number of nitrogens with zero attached hydrogens (tertiary/aromatic N) is 3. The smallest absolute Gasteiger partial charge is 0.407 e. The summed E-state index contributed by atoms with van der Waals surface area (Å²) in [5.41, 5.74) is -0.670. The number of hydrogen-bond donors (Lipinski definition) is 1. The van der Waals surface area contributed by atoms with Gasteiger partial charge in [0.25, 0.3) is 0 Å². The number of pyridine rings is 1. The zero-order valence-corrected chi connectivity index (χ0v) is 19.4. The summed E-state index contributed by atoms with van der Waals surface area (Å²) in [4.78, 5) is 13.2. The molecule has 2 heterocycles. The highest BCUT2D eigenvalue weighted by molar-refractivity contribution is 7.91. The lowest BCUT2D eigenvalue weighted by atomic mass is 10.0. The SMILES string of the molecule is CNC(=O)Oc1cc(S(=O)(=O)c2cc(F)ccc2F)c(F)c(-c2nn(C)cc2-c2ccncc2)c1F. The van der Waals surface area contributed by atoms with Crippen LogP contribution in [0.1, 0.15) is 0 Å². The Labute approximate surface area is 202 Å². The first-order valence-corrected chi connectivity index (χ1v) is 11.6. The second-order valence-corrected chi connectivity index (χ2v) is 9.28. The number of carbonyl (C=O) groups excluding carboxylic acids is 1. The van der Waals surface area contributed by atoms with Crippen molar-refractivity contribution < 1.29 is 35.5 Å². The molecule has 0 bridgehead atoms. The fraction of sp³-hybridized carbons (Fsp3) is 0.0870. The number of halogens is 4. The third kappa shape index (κ3) is 4.40. The highest BCUT2D eigenvalue weighted by Crippen LogP contribution is 2.41. The van der Waals surface area contributed by atoms with Crippen molar-refractivity contribution in [1.82, 2.24) is 20.1 Å². The van der Waals surface area contributed by atoms with E-state index in [1.165, 1.54) is 42.5 Å². The Morgan fingerprint density at radius 2 is 1.69 bits per heavy atom. The van der Waals surface area contributed by atoms with Crippen LogP contribution in [0, 0.1) is 23.3 Å². The monoisotopic (exact) mass is 520 g/mol. The Hall–Kier alpha value is -4.26. The van der Waals surface area contributed by atoms with Crippen molar-refractivity contribution in [2.45, 2.75) is 9.79 Å². The third-order valence-electron chi connectivity index (χ3n) is 5.07. The zero-order chi connectivity index (χ0) is 26.2. The van der Waals surface area contributed by atoms with Gasteiger partial charge in [-0.2, -0.15) is 5.10 Å². The first-order chi connectivity index (χ1) is 17.0. The molecule has 2 aromatic carbocycles. The molecule has 186 valence electrons. The van der Waals surface area contributed by atoms with E-state index in [0.717, 1.165) is 7.05 Å². The Kier molecular flexibility index (Phi) is 6.50. The first-order valence-electron chi connectivity index (χ1n) is 10.1. The maximum Gasteiger partial charge on any atom is 0.412 e. The van der Waals surface area contributed by atoms with Crippen molar-refractivity contribution >= 4 is 15.9 Å². The van der Waals surface area contributed by atoms with Gasteiger partial charge in [-0.3, -0.25) is 9.67 Å². The lowest BCUT2D eigenvalue weighted by Crippen LogP contribution is -2.23. The fourth-order valence-electron chi connectivity index (χ4n) is 3.43. The molecule has 2 aromatic heterocycles. The van der Waals surface area contributed by atoms with Crippen LogP contribution in [0.25, 0.3) is 22.4 Å². The van der Waals surface area contributed by atoms with Crippen molar-refractivity contribution in [3.63, 3.8) is 0 Å². The molecule has 1 N–H and O–H groups in total. The molecule has 0 aliphatic rings. The Balaban J connectivity index is 2.06. The van der Waals surface area contributed by atoms with Gasteiger partial charge in [0, 0.05) is 44.3 Å². The summed E-state index contributed by atoms with van der Waals surface area (Å²) in [6, 6.07) is 5.03. The van der Waals surface area contributed by atoms with E-state index in [-0.39, 0.29) is 11.3 Å². The normalized spacial score (nSPS) is 11.4. The number of amides is 1. The van der Waals surface area contributed by atoms with Crippen LogP contribution >= 0.6 is 0 Å². The van der Waals surface area contributed by atoms with E-state index in [9.17, 15) is 22.0 Å². The molecular weight excluding hydrogens is 504 g/mol. The molecule has 8 nitrogen and oxygen atoms in total. The summed E-state index contributed by atoms with van der Waals surface area (Å²) in [5, 5.41) is 6.13. The van der Waals surface area contributed by atoms with Crippen molar-refractivity contribution in [2.24, 2.45) is 7.05 Å². The van der Waals surface area contributed by atoms with E-state index in [2.05, 4.69) is 15.4 Å². The van der Waals surface area contributed by atoms with Gasteiger partial charge in [-0.15, -0.1) is 0 Å². The van der Waals surface area contributed by atoms with Gasteiger partial charge in [0.2, 0.25) is 9.84 Å². The predicted octanol–water partition coefficient (Wildman–Crippen LogP) is 4.26. The van der Waals surface area contributed by atoms with E-state index >= 15 is 8.78 Å². The van der Waals surface area contributed by atoms with Gasteiger partial charge in [0.05, 0.1) is 5.56 Å². The Morgan fingerprint density at radius 3 is 2.36 bits per heavy atom. The van der Waals surface area contributed by atoms with Crippen LogP contribution in [0.3, 0.4) is 0 Å². The zero-order valence-electron chi connectivity index (χ0n) is 18.6. The summed E-state index contributed by atoms with van der Waals surface area (Å²) in [7, 11) is -2.49. The number of nitrogens with one attached hydrogen (secondary N) is 1. The molecule has 0 saturated heterocycles. The van der Waals surface area contributed by atoms with Crippen molar-refractivity contribution in [3.8, 4) is 28.1 Å². The second kappa shape index (κ2) is 9.41. The molecule has 0 aliphatic heterocycles. The lowest BCUT2D eigenvalue weighted by molar-refractivity contribution is 0.200. The molecule has 13 heteroatoms. The average molecular weight is 520 g/mol. The van der Waals surface area contributed by atoms with Gasteiger partial charge < -0.3 is 10.1 Å². The van der Waals surface area contributed by atoms with Crippen molar-refractivity contribution in [2.75, 3.05) is 7.05 Å². The Morgan fingerprint density at radius 1 is 1.00 bits per heavy atom. The Bertz CT molecular complexity index is 1590. The molecular formula is C23H16F4N4O4S. The van der Waals surface area contributed by atoms with Crippen LogP contribution in [0.15, 0.2) is 64.8 Å². The minimum Gasteiger partial charge on any atom is -0.407 e. The number of hydrogen-bond acceptors (Lipinski definition) is 6. The summed E-state index contributed by atoms with van der Waals surface area (Å²) >= 11 is 0. The highest BCUT2D eigenvalue weighted by Gasteiger charge is 2.34. The van der Waals surface area contributed by atoms with Crippen molar-refractivity contribution in [1.29, 1.82) is 0 Å². The van der Waals surface area contributed by atoms with Crippen LogP contribution in [0.5, 0.6) is 5.75 Å². The molecule has 4 aromatic rings. The summed E-state index contributed by atoms with van der Waals surface area (Å²) < 4.78 is 92.1. The van der Waals surface area contributed by atoms with Crippen LogP contribution in [-0.4, -0.2) is 36.3 Å².